The smallest absolute Gasteiger partial charge is 0.185 e. The molecule has 0 fully saturated rings. The first-order chi connectivity index (χ1) is 11.0. The van der Waals surface area contributed by atoms with Gasteiger partial charge in [0.2, 0.25) is 0 Å². The number of aliphatic carboxylic acids is 1. The first-order valence-corrected chi connectivity index (χ1v) is 7.22. The third-order valence-corrected chi connectivity index (χ3v) is 3.45. The molecule has 0 aliphatic heterocycles. The lowest BCUT2D eigenvalue weighted by Gasteiger charge is -2.10. The maximum Gasteiger partial charge on any atom is 0.185 e. The highest BCUT2D eigenvalue weighted by Crippen LogP contribution is 2.21. The summed E-state index contributed by atoms with van der Waals surface area (Å²) in [5, 5.41) is 11.4. The molecule has 23 heavy (non-hydrogen) atoms. The fourth-order valence-electron chi connectivity index (χ4n) is 2.07. The summed E-state index contributed by atoms with van der Waals surface area (Å²) in [5.74, 6) is -1.06. The lowest BCUT2D eigenvalue weighted by atomic mass is 10.0. The van der Waals surface area contributed by atoms with E-state index in [1.54, 1.807) is 42.5 Å². The summed E-state index contributed by atoms with van der Waals surface area (Å²) < 4.78 is 5.09. The quantitative estimate of drug-likeness (QED) is 0.603. The fraction of sp³-hybridized carbons (Fsp3) is 0.111. The van der Waals surface area contributed by atoms with Crippen LogP contribution in [0.3, 0.4) is 0 Å². The zero-order valence-electron chi connectivity index (χ0n) is 12.4. The maximum atomic E-state index is 12.2. The number of halogens is 1. The zero-order chi connectivity index (χ0) is 16.8. The van der Waals surface area contributed by atoms with Crippen LogP contribution < -0.4 is 9.84 Å². The summed E-state index contributed by atoms with van der Waals surface area (Å²) in [6, 6.07) is 11.7. The van der Waals surface area contributed by atoms with Gasteiger partial charge in [-0.15, -0.1) is 0 Å². The second-order valence-corrected chi connectivity index (χ2v) is 5.26. The molecule has 0 N–H and O–H groups in total. The van der Waals surface area contributed by atoms with E-state index in [0.717, 1.165) is 5.56 Å². The molecule has 0 aliphatic carbocycles. The minimum atomic E-state index is -1.23. The Bertz CT molecular complexity index is 748. The van der Waals surface area contributed by atoms with Crippen molar-refractivity contribution in [3.63, 3.8) is 0 Å². The molecule has 0 aromatic heterocycles. The predicted octanol–water partition coefficient (Wildman–Crippen LogP) is 2.54. The van der Waals surface area contributed by atoms with Gasteiger partial charge in [-0.05, 0) is 42.0 Å². The molecule has 0 heterocycles. The third-order valence-electron chi connectivity index (χ3n) is 3.20. The van der Waals surface area contributed by atoms with E-state index in [4.69, 9.17) is 16.3 Å². The normalized spacial score (nSPS) is 10.7. The molecular weight excluding hydrogens is 316 g/mol. The number of rotatable bonds is 6. The van der Waals surface area contributed by atoms with Gasteiger partial charge in [0.1, 0.15) is 5.75 Å². The van der Waals surface area contributed by atoms with Gasteiger partial charge >= 0.3 is 0 Å². The molecule has 0 aliphatic rings. The van der Waals surface area contributed by atoms with Crippen LogP contribution in [-0.2, 0) is 11.2 Å². The Hall–Kier alpha value is -2.59. The molecule has 2 aromatic rings. The number of carbonyl (C=O) groups is 2. The van der Waals surface area contributed by atoms with Crippen molar-refractivity contribution < 1.29 is 19.4 Å². The fourth-order valence-corrected chi connectivity index (χ4v) is 2.19. The molecule has 0 unspecified atom stereocenters. The van der Waals surface area contributed by atoms with Crippen molar-refractivity contribution in [1.82, 2.24) is 0 Å². The van der Waals surface area contributed by atoms with Crippen LogP contribution in [0.25, 0.3) is 6.08 Å². The Morgan fingerprint density at radius 1 is 1.17 bits per heavy atom. The van der Waals surface area contributed by atoms with Gasteiger partial charge in [0.15, 0.2) is 5.78 Å². The van der Waals surface area contributed by atoms with Gasteiger partial charge in [0.05, 0.1) is 7.11 Å². The minimum absolute atomic E-state index is 0.234. The van der Waals surface area contributed by atoms with Crippen LogP contribution in [0.1, 0.15) is 21.5 Å². The molecule has 2 aromatic carbocycles. The van der Waals surface area contributed by atoms with E-state index in [-0.39, 0.29) is 12.2 Å². The average Bonchev–Trinajstić information content (AvgIpc) is 2.53. The van der Waals surface area contributed by atoms with Gasteiger partial charge in [-0.1, -0.05) is 29.8 Å². The number of methoxy groups -OCH3 is 1. The second-order valence-electron chi connectivity index (χ2n) is 4.82. The number of hydrogen-bond donors (Lipinski definition) is 0. The van der Waals surface area contributed by atoms with Crippen molar-refractivity contribution in [3.05, 3.63) is 70.3 Å². The topological polar surface area (TPSA) is 66.4 Å². The van der Waals surface area contributed by atoms with Crippen LogP contribution >= 0.6 is 11.6 Å². The molecule has 118 valence electrons. The van der Waals surface area contributed by atoms with E-state index >= 15 is 0 Å². The molecule has 0 radical (unpaired) electrons. The number of hydrogen-bond acceptors (Lipinski definition) is 4. The highest BCUT2D eigenvalue weighted by atomic mass is 35.5. The van der Waals surface area contributed by atoms with Crippen molar-refractivity contribution in [2.45, 2.75) is 6.42 Å². The Labute approximate surface area is 139 Å². The molecular formula is C18H14ClO4-. The molecule has 0 bridgehead atoms. The van der Waals surface area contributed by atoms with E-state index in [9.17, 15) is 14.7 Å². The molecule has 4 nitrogen and oxygen atoms in total. The van der Waals surface area contributed by atoms with Gasteiger partial charge in [0, 0.05) is 28.5 Å². The molecule has 0 saturated carbocycles. The van der Waals surface area contributed by atoms with Gasteiger partial charge < -0.3 is 14.6 Å². The van der Waals surface area contributed by atoms with Crippen LogP contribution in [0.4, 0.5) is 0 Å². The van der Waals surface area contributed by atoms with Gasteiger partial charge in [-0.3, -0.25) is 4.79 Å². The molecule has 0 saturated heterocycles. The summed E-state index contributed by atoms with van der Waals surface area (Å²) in [6.45, 7) is 0. The lowest BCUT2D eigenvalue weighted by Crippen LogP contribution is -2.24. The van der Waals surface area contributed by atoms with Gasteiger partial charge in [-0.25, -0.2) is 0 Å². The van der Waals surface area contributed by atoms with Crippen molar-refractivity contribution in [3.8, 4) is 5.75 Å². The zero-order valence-corrected chi connectivity index (χ0v) is 13.2. The first kappa shape index (κ1) is 16.8. The van der Waals surface area contributed by atoms with Crippen LogP contribution in [0.5, 0.6) is 5.75 Å². The number of carbonyl (C=O) groups excluding carboxylic acids is 2. The van der Waals surface area contributed by atoms with E-state index in [1.807, 2.05) is 0 Å². The van der Waals surface area contributed by atoms with E-state index in [0.29, 0.717) is 21.9 Å². The first-order valence-electron chi connectivity index (χ1n) is 6.84. The van der Waals surface area contributed by atoms with Crippen LogP contribution in [0, 0.1) is 0 Å². The molecule has 5 heteroatoms. The summed E-state index contributed by atoms with van der Waals surface area (Å²) in [6.07, 6.45) is 2.78. The number of carboxylic acid groups (broad SMARTS) is 1. The van der Waals surface area contributed by atoms with Gasteiger partial charge in [0.25, 0.3) is 0 Å². The highest BCUT2D eigenvalue weighted by Gasteiger charge is 2.08. The van der Waals surface area contributed by atoms with E-state index < -0.39 is 5.97 Å². The molecule has 0 atom stereocenters. The predicted molar refractivity (Wildman–Crippen MR) is 86.5 cm³/mol. The molecule has 0 amide bonds. The highest BCUT2D eigenvalue weighted by molar-refractivity contribution is 6.30. The minimum Gasteiger partial charge on any atom is -0.550 e. The number of carboxylic acids is 1. The van der Waals surface area contributed by atoms with Gasteiger partial charge in [-0.2, -0.15) is 0 Å². The number of benzene rings is 2. The standard InChI is InChI=1S/C18H15ClO4/c1-23-17-9-5-13(10-14(17)11-18(21)22)16(20)8-4-12-2-6-15(19)7-3-12/h2-10H,11H2,1H3,(H,21,22)/p-1/b8-4+. The maximum absolute atomic E-state index is 12.2. The average molecular weight is 330 g/mol. The van der Waals surface area contributed by atoms with E-state index in [1.165, 1.54) is 19.3 Å². The molecule has 2 rings (SSSR count). The SMILES string of the molecule is COc1ccc(C(=O)/C=C/c2ccc(Cl)cc2)cc1CC(=O)[O-]. The number of ether oxygens (including phenoxy) is 1. The van der Waals surface area contributed by atoms with Crippen molar-refractivity contribution in [2.75, 3.05) is 7.11 Å². The molecule has 0 spiro atoms. The number of allylic oxidation sites excluding steroid dienone is 1. The van der Waals surface area contributed by atoms with Crippen LogP contribution in [0.2, 0.25) is 5.02 Å². The second kappa shape index (κ2) is 7.61. The Morgan fingerprint density at radius 2 is 1.87 bits per heavy atom. The largest absolute Gasteiger partial charge is 0.550 e. The van der Waals surface area contributed by atoms with Crippen molar-refractivity contribution >= 4 is 29.4 Å². The summed E-state index contributed by atoms with van der Waals surface area (Å²) >= 11 is 5.80. The Morgan fingerprint density at radius 3 is 2.48 bits per heavy atom. The van der Waals surface area contributed by atoms with Crippen molar-refractivity contribution in [2.24, 2.45) is 0 Å². The monoisotopic (exact) mass is 329 g/mol. The lowest BCUT2D eigenvalue weighted by molar-refractivity contribution is -0.304. The summed E-state index contributed by atoms with van der Waals surface area (Å²) in [7, 11) is 1.44. The summed E-state index contributed by atoms with van der Waals surface area (Å²) in [4.78, 5) is 23.0. The van der Waals surface area contributed by atoms with Crippen molar-refractivity contribution in [1.29, 1.82) is 0 Å². The summed E-state index contributed by atoms with van der Waals surface area (Å²) in [5.41, 5.74) is 1.62. The Balaban J connectivity index is 2.21. The van der Waals surface area contributed by atoms with Crippen LogP contribution in [0.15, 0.2) is 48.5 Å². The van der Waals surface area contributed by atoms with E-state index in [2.05, 4.69) is 0 Å². The van der Waals surface area contributed by atoms with Crippen LogP contribution in [-0.4, -0.2) is 18.9 Å². The third kappa shape index (κ3) is 4.69. The number of ketones is 1. The Kier molecular flexibility index (Phi) is 5.55.